The maximum absolute atomic E-state index is 11.5. The number of carbonyl (C=O) groups is 1. The Kier molecular flexibility index (Phi) is 4.44. The van der Waals surface area contributed by atoms with E-state index in [1.165, 1.54) is 16.9 Å². The second-order valence-electron chi connectivity index (χ2n) is 6.14. The van der Waals surface area contributed by atoms with Crippen LogP contribution in [0.5, 0.6) is 0 Å². The molecule has 5 heteroatoms. The minimum Gasteiger partial charge on any atom is -0.320 e. The molecule has 2 rings (SSSR count). The van der Waals surface area contributed by atoms with Crippen molar-refractivity contribution in [3.05, 3.63) is 35.2 Å². The van der Waals surface area contributed by atoms with Gasteiger partial charge in [0.1, 0.15) is 0 Å². The second-order valence-corrected chi connectivity index (χ2v) is 7.00. The van der Waals surface area contributed by atoms with Crippen LogP contribution in [0, 0.1) is 0 Å². The summed E-state index contributed by atoms with van der Waals surface area (Å²) in [5.74, 6) is -0.223. The van der Waals surface area contributed by atoms with Crippen molar-refractivity contribution in [3.8, 4) is 11.3 Å². The van der Waals surface area contributed by atoms with E-state index in [2.05, 4.69) is 55.3 Å². The van der Waals surface area contributed by atoms with Gasteiger partial charge in [-0.15, -0.1) is 11.3 Å². The van der Waals surface area contributed by atoms with Crippen molar-refractivity contribution in [2.24, 2.45) is 5.73 Å². The fourth-order valence-electron chi connectivity index (χ4n) is 1.82. The number of thiazole rings is 1. The lowest BCUT2D eigenvalue weighted by molar-refractivity contribution is -0.117. The van der Waals surface area contributed by atoms with Crippen molar-refractivity contribution >= 4 is 22.4 Å². The Hall–Kier alpha value is -1.72. The van der Waals surface area contributed by atoms with Crippen molar-refractivity contribution < 1.29 is 4.79 Å². The highest BCUT2D eigenvalue weighted by molar-refractivity contribution is 7.14. The van der Waals surface area contributed by atoms with E-state index in [1.807, 2.05) is 5.38 Å². The first-order chi connectivity index (χ1) is 9.77. The lowest BCUT2D eigenvalue weighted by Gasteiger charge is -2.18. The third-order valence-corrected chi connectivity index (χ3v) is 3.95. The summed E-state index contributed by atoms with van der Waals surface area (Å²) in [6, 6.07) is 7.83. The van der Waals surface area contributed by atoms with Gasteiger partial charge in [0, 0.05) is 10.9 Å². The first-order valence-corrected chi connectivity index (χ1v) is 7.78. The van der Waals surface area contributed by atoms with Crippen LogP contribution >= 0.6 is 11.3 Å². The van der Waals surface area contributed by atoms with Crippen LogP contribution in [0.3, 0.4) is 0 Å². The van der Waals surface area contributed by atoms with E-state index in [-0.39, 0.29) is 11.3 Å². The molecule has 1 heterocycles. The lowest BCUT2D eigenvalue weighted by Crippen LogP contribution is -2.32. The topological polar surface area (TPSA) is 68.0 Å². The molecule has 0 aliphatic rings. The molecule has 112 valence electrons. The molecular formula is C16H21N3OS. The molecule has 0 aliphatic heterocycles. The quantitative estimate of drug-likeness (QED) is 0.913. The molecule has 0 radical (unpaired) electrons. The van der Waals surface area contributed by atoms with Gasteiger partial charge in [0.15, 0.2) is 5.13 Å². The molecular weight excluding hydrogens is 282 g/mol. The van der Waals surface area contributed by atoms with Gasteiger partial charge >= 0.3 is 0 Å². The molecule has 0 saturated carbocycles. The van der Waals surface area contributed by atoms with Gasteiger partial charge in [-0.2, -0.15) is 0 Å². The fourth-order valence-corrected chi connectivity index (χ4v) is 2.55. The average Bonchev–Trinajstić information content (AvgIpc) is 2.86. The zero-order valence-electron chi connectivity index (χ0n) is 12.8. The van der Waals surface area contributed by atoms with Gasteiger partial charge in [0.2, 0.25) is 5.91 Å². The number of hydrogen-bond acceptors (Lipinski definition) is 4. The summed E-state index contributed by atoms with van der Waals surface area (Å²) in [4.78, 5) is 16.0. The lowest BCUT2D eigenvalue weighted by atomic mass is 9.86. The highest BCUT2D eigenvalue weighted by Crippen LogP contribution is 2.28. The van der Waals surface area contributed by atoms with Gasteiger partial charge in [0.25, 0.3) is 0 Å². The number of nitrogens with two attached hydrogens (primary N) is 1. The number of anilines is 1. The van der Waals surface area contributed by atoms with E-state index in [0.717, 1.165) is 11.3 Å². The fraction of sp³-hybridized carbons (Fsp3) is 0.375. The molecule has 1 aromatic carbocycles. The first-order valence-electron chi connectivity index (χ1n) is 6.90. The van der Waals surface area contributed by atoms with Crippen LogP contribution in [0.2, 0.25) is 0 Å². The van der Waals surface area contributed by atoms with Crippen LogP contribution in [-0.2, 0) is 10.2 Å². The standard InChI is InChI=1S/C16H21N3OS/c1-10(17)14(20)19-15-18-13(9-21-15)11-5-7-12(8-6-11)16(2,3)4/h5-10H,17H2,1-4H3,(H,18,19,20)/t10-/m0/s1. The highest BCUT2D eigenvalue weighted by atomic mass is 32.1. The minimum atomic E-state index is -0.539. The number of carbonyl (C=O) groups excluding carboxylic acids is 1. The molecule has 21 heavy (non-hydrogen) atoms. The summed E-state index contributed by atoms with van der Waals surface area (Å²) >= 11 is 1.40. The van der Waals surface area contributed by atoms with E-state index < -0.39 is 6.04 Å². The van der Waals surface area contributed by atoms with Crippen molar-refractivity contribution in [3.63, 3.8) is 0 Å². The number of nitrogens with zero attached hydrogens (tertiary/aromatic N) is 1. The van der Waals surface area contributed by atoms with Crippen LogP contribution in [0.15, 0.2) is 29.6 Å². The van der Waals surface area contributed by atoms with Gasteiger partial charge in [-0.05, 0) is 17.9 Å². The number of hydrogen-bond donors (Lipinski definition) is 2. The Morgan fingerprint density at radius 3 is 2.43 bits per heavy atom. The van der Waals surface area contributed by atoms with E-state index in [1.54, 1.807) is 6.92 Å². The first kappa shape index (κ1) is 15.7. The normalized spacial score (nSPS) is 13.0. The van der Waals surface area contributed by atoms with Crippen LogP contribution < -0.4 is 11.1 Å². The summed E-state index contributed by atoms with van der Waals surface area (Å²) < 4.78 is 0. The summed E-state index contributed by atoms with van der Waals surface area (Å²) in [6.07, 6.45) is 0. The Morgan fingerprint density at radius 2 is 1.90 bits per heavy atom. The van der Waals surface area contributed by atoms with Crippen LogP contribution in [0.4, 0.5) is 5.13 Å². The largest absolute Gasteiger partial charge is 0.320 e. The molecule has 1 atom stereocenters. The second kappa shape index (κ2) is 5.95. The van der Waals surface area contributed by atoms with Crippen molar-refractivity contribution in [1.29, 1.82) is 0 Å². The summed E-state index contributed by atoms with van der Waals surface area (Å²) in [7, 11) is 0. The molecule has 0 fully saturated rings. The Balaban J connectivity index is 2.16. The van der Waals surface area contributed by atoms with Crippen LogP contribution in [0.25, 0.3) is 11.3 Å². The zero-order chi connectivity index (χ0) is 15.6. The molecule has 0 unspecified atom stereocenters. The van der Waals surface area contributed by atoms with Crippen molar-refractivity contribution in [2.75, 3.05) is 5.32 Å². The number of aromatic nitrogens is 1. The Labute approximate surface area is 129 Å². The van der Waals surface area contributed by atoms with E-state index in [4.69, 9.17) is 5.73 Å². The molecule has 4 nitrogen and oxygen atoms in total. The third-order valence-electron chi connectivity index (χ3n) is 3.19. The van der Waals surface area contributed by atoms with Gasteiger partial charge < -0.3 is 11.1 Å². The van der Waals surface area contributed by atoms with Gasteiger partial charge in [-0.25, -0.2) is 4.98 Å². The van der Waals surface area contributed by atoms with Crippen LogP contribution in [0.1, 0.15) is 33.3 Å². The van der Waals surface area contributed by atoms with Crippen molar-refractivity contribution in [1.82, 2.24) is 4.98 Å². The minimum absolute atomic E-state index is 0.136. The highest BCUT2D eigenvalue weighted by Gasteiger charge is 2.14. The molecule has 1 amide bonds. The van der Waals surface area contributed by atoms with Crippen LogP contribution in [-0.4, -0.2) is 16.9 Å². The van der Waals surface area contributed by atoms with E-state index >= 15 is 0 Å². The molecule has 2 aromatic rings. The molecule has 0 bridgehead atoms. The van der Waals surface area contributed by atoms with Gasteiger partial charge in [0.05, 0.1) is 11.7 Å². The Morgan fingerprint density at radius 1 is 1.29 bits per heavy atom. The maximum Gasteiger partial charge on any atom is 0.242 e. The van der Waals surface area contributed by atoms with Gasteiger partial charge in [-0.1, -0.05) is 45.0 Å². The van der Waals surface area contributed by atoms with Crippen molar-refractivity contribution in [2.45, 2.75) is 39.2 Å². The smallest absolute Gasteiger partial charge is 0.242 e. The monoisotopic (exact) mass is 303 g/mol. The summed E-state index contributed by atoms with van der Waals surface area (Å²) in [5.41, 5.74) is 8.85. The maximum atomic E-state index is 11.5. The summed E-state index contributed by atoms with van der Waals surface area (Å²) in [5, 5.41) is 5.22. The van der Waals surface area contributed by atoms with Gasteiger partial charge in [-0.3, -0.25) is 4.79 Å². The molecule has 0 aliphatic carbocycles. The predicted octanol–water partition coefficient (Wildman–Crippen LogP) is 3.39. The number of benzene rings is 1. The zero-order valence-corrected chi connectivity index (χ0v) is 13.6. The molecule has 0 saturated heterocycles. The third kappa shape index (κ3) is 3.89. The molecule has 1 aromatic heterocycles. The SMILES string of the molecule is C[C@H](N)C(=O)Nc1nc(-c2ccc(C(C)(C)C)cc2)cs1. The Bertz CT molecular complexity index is 624. The number of amides is 1. The number of nitrogens with one attached hydrogen (secondary N) is 1. The molecule has 3 N–H and O–H groups in total. The summed E-state index contributed by atoms with van der Waals surface area (Å²) in [6.45, 7) is 8.21. The molecule has 0 spiro atoms. The predicted molar refractivity (Wildman–Crippen MR) is 88.5 cm³/mol. The number of rotatable bonds is 3. The average molecular weight is 303 g/mol. The van der Waals surface area contributed by atoms with E-state index in [9.17, 15) is 4.79 Å². The van der Waals surface area contributed by atoms with E-state index in [0.29, 0.717) is 5.13 Å².